The summed E-state index contributed by atoms with van der Waals surface area (Å²) in [6.07, 6.45) is 0. The van der Waals surface area contributed by atoms with Crippen LogP contribution in [0.4, 0.5) is 0 Å². The molecule has 108 valence electrons. The van der Waals surface area contributed by atoms with Gasteiger partial charge in [-0.2, -0.15) is 5.10 Å². The summed E-state index contributed by atoms with van der Waals surface area (Å²) in [5.41, 5.74) is 2.60. The van der Waals surface area contributed by atoms with Gasteiger partial charge in [-0.3, -0.25) is 4.79 Å². The third-order valence-corrected chi connectivity index (χ3v) is 2.89. The minimum Gasteiger partial charge on any atom is -0.305 e. The summed E-state index contributed by atoms with van der Waals surface area (Å²) in [7, 11) is 3.64. The zero-order chi connectivity index (χ0) is 15.2. The SMILES string of the molecule is Cc1ccc(C(=O)N/C(=N\N(C)C)c2ccccc2)cc1. The summed E-state index contributed by atoms with van der Waals surface area (Å²) in [5, 5.41) is 8.88. The second-order valence-electron chi connectivity index (χ2n) is 4.98. The molecule has 0 aliphatic rings. The largest absolute Gasteiger partial charge is 0.305 e. The predicted octanol–water partition coefficient (Wildman–Crippen LogP) is 2.65. The van der Waals surface area contributed by atoms with Crippen LogP contribution in [0.5, 0.6) is 0 Å². The van der Waals surface area contributed by atoms with Crippen LogP contribution >= 0.6 is 0 Å². The van der Waals surface area contributed by atoms with Gasteiger partial charge in [0.1, 0.15) is 0 Å². The van der Waals surface area contributed by atoms with Crippen LogP contribution in [0.3, 0.4) is 0 Å². The Bertz CT molecular complexity index is 631. The van der Waals surface area contributed by atoms with Crippen LogP contribution in [-0.4, -0.2) is 30.8 Å². The lowest BCUT2D eigenvalue weighted by atomic mass is 10.1. The van der Waals surface area contributed by atoms with E-state index in [1.807, 2.05) is 75.6 Å². The average molecular weight is 281 g/mol. The van der Waals surface area contributed by atoms with Crippen molar-refractivity contribution in [3.63, 3.8) is 0 Å². The Morgan fingerprint density at radius 3 is 2.14 bits per heavy atom. The molecule has 0 saturated carbocycles. The van der Waals surface area contributed by atoms with Crippen molar-refractivity contribution in [1.29, 1.82) is 0 Å². The number of benzene rings is 2. The molecule has 1 amide bonds. The van der Waals surface area contributed by atoms with Crippen LogP contribution < -0.4 is 5.32 Å². The summed E-state index contributed by atoms with van der Waals surface area (Å²) in [5.74, 6) is 0.366. The molecule has 0 saturated heterocycles. The van der Waals surface area contributed by atoms with Crippen molar-refractivity contribution in [3.8, 4) is 0 Å². The number of nitrogens with one attached hydrogen (secondary N) is 1. The molecule has 0 heterocycles. The summed E-state index contributed by atoms with van der Waals surface area (Å²) < 4.78 is 0. The number of nitrogens with zero attached hydrogens (tertiary/aromatic N) is 2. The molecule has 4 heteroatoms. The normalized spacial score (nSPS) is 11.1. The Kier molecular flexibility index (Phi) is 4.72. The number of amidine groups is 1. The standard InChI is InChI=1S/C17H19N3O/c1-13-9-11-15(12-10-13)17(21)18-16(19-20(2)3)14-7-5-4-6-8-14/h4-12H,1-3H3,(H,18,19,21). The molecule has 2 rings (SSSR count). The highest BCUT2D eigenvalue weighted by atomic mass is 16.1. The second-order valence-corrected chi connectivity index (χ2v) is 4.98. The quantitative estimate of drug-likeness (QED) is 0.534. The highest BCUT2D eigenvalue weighted by Crippen LogP contribution is 2.05. The number of amides is 1. The first kappa shape index (κ1) is 14.8. The molecule has 1 N–H and O–H groups in total. The van der Waals surface area contributed by atoms with Gasteiger partial charge in [-0.05, 0) is 19.1 Å². The van der Waals surface area contributed by atoms with Crippen molar-refractivity contribution in [2.45, 2.75) is 6.92 Å². The minimum atomic E-state index is -0.167. The van der Waals surface area contributed by atoms with Gasteiger partial charge in [0.2, 0.25) is 0 Å². The van der Waals surface area contributed by atoms with Crippen molar-refractivity contribution < 1.29 is 4.79 Å². The van der Waals surface area contributed by atoms with Crippen LogP contribution in [0.2, 0.25) is 0 Å². The minimum absolute atomic E-state index is 0.167. The number of carbonyl (C=O) groups excluding carboxylic acids is 1. The molecular formula is C17H19N3O. The van der Waals surface area contributed by atoms with Gasteiger partial charge in [0.15, 0.2) is 5.84 Å². The second kappa shape index (κ2) is 6.70. The fourth-order valence-electron chi connectivity index (χ4n) is 1.84. The van der Waals surface area contributed by atoms with E-state index in [0.29, 0.717) is 11.4 Å². The van der Waals surface area contributed by atoms with Gasteiger partial charge in [-0.15, -0.1) is 0 Å². The number of carbonyl (C=O) groups is 1. The first-order valence-corrected chi connectivity index (χ1v) is 6.75. The number of aryl methyl sites for hydroxylation is 1. The smallest absolute Gasteiger partial charge is 0.256 e. The van der Waals surface area contributed by atoms with E-state index in [1.54, 1.807) is 5.01 Å². The van der Waals surface area contributed by atoms with E-state index in [4.69, 9.17) is 0 Å². The van der Waals surface area contributed by atoms with E-state index in [2.05, 4.69) is 10.4 Å². The van der Waals surface area contributed by atoms with E-state index in [0.717, 1.165) is 11.1 Å². The van der Waals surface area contributed by atoms with Crippen molar-refractivity contribution >= 4 is 11.7 Å². The van der Waals surface area contributed by atoms with Crippen molar-refractivity contribution in [2.75, 3.05) is 14.1 Å². The van der Waals surface area contributed by atoms with E-state index in [-0.39, 0.29) is 5.91 Å². The molecule has 0 unspecified atom stereocenters. The maximum absolute atomic E-state index is 12.3. The number of hydrogen-bond donors (Lipinski definition) is 1. The van der Waals surface area contributed by atoms with E-state index in [1.165, 1.54) is 0 Å². The fraction of sp³-hybridized carbons (Fsp3) is 0.176. The van der Waals surface area contributed by atoms with Gasteiger partial charge in [0.05, 0.1) is 0 Å². The highest BCUT2D eigenvalue weighted by molar-refractivity contribution is 6.12. The van der Waals surface area contributed by atoms with Crippen molar-refractivity contribution in [1.82, 2.24) is 10.3 Å². The summed E-state index contributed by atoms with van der Waals surface area (Å²) >= 11 is 0. The van der Waals surface area contributed by atoms with Crippen LogP contribution in [0, 0.1) is 6.92 Å². The molecule has 2 aromatic carbocycles. The van der Waals surface area contributed by atoms with Gasteiger partial charge in [-0.25, -0.2) is 0 Å². The first-order chi connectivity index (χ1) is 10.1. The number of hydrazone groups is 1. The maximum atomic E-state index is 12.3. The molecular weight excluding hydrogens is 262 g/mol. The van der Waals surface area contributed by atoms with E-state index >= 15 is 0 Å². The molecule has 0 bridgehead atoms. The highest BCUT2D eigenvalue weighted by Gasteiger charge is 2.11. The molecule has 0 aliphatic heterocycles. The molecule has 0 spiro atoms. The van der Waals surface area contributed by atoms with Gasteiger partial charge < -0.3 is 10.3 Å². The van der Waals surface area contributed by atoms with Gasteiger partial charge >= 0.3 is 0 Å². The molecule has 4 nitrogen and oxygen atoms in total. The molecule has 0 aliphatic carbocycles. The molecule has 0 atom stereocenters. The molecule has 2 aromatic rings. The zero-order valence-corrected chi connectivity index (χ0v) is 12.5. The lowest BCUT2D eigenvalue weighted by molar-refractivity contribution is 0.0976. The van der Waals surface area contributed by atoms with Gasteiger partial charge in [-0.1, -0.05) is 48.0 Å². The van der Waals surface area contributed by atoms with Gasteiger partial charge in [0.25, 0.3) is 5.91 Å². The van der Waals surface area contributed by atoms with Crippen LogP contribution in [0.25, 0.3) is 0 Å². The third-order valence-electron chi connectivity index (χ3n) is 2.89. The first-order valence-electron chi connectivity index (χ1n) is 6.75. The maximum Gasteiger partial charge on any atom is 0.256 e. The number of hydrogen-bond acceptors (Lipinski definition) is 3. The summed E-state index contributed by atoms with van der Waals surface area (Å²) in [6, 6.07) is 17.0. The van der Waals surface area contributed by atoms with E-state index < -0.39 is 0 Å². The third kappa shape index (κ3) is 4.18. The Balaban J connectivity index is 2.24. The van der Waals surface area contributed by atoms with Gasteiger partial charge in [0, 0.05) is 25.2 Å². The Labute approximate surface area is 125 Å². The van der Waals surface area contributed by atoms with Crippen LogP contribution in [0.1, 0.15) is 21.5 Å². The predicted molar refractivity (Wildman–Crippen MR) is 85.3 cm³/mol. The van der Waals surface area contributed by atoms with Crippen LogP contribution in [0.15, 0.2) is 59.7 Å². The summed E-state index contributed by atoms with van der Waals surface area (Å²) in [4.78, 5) is 12.3. The summed E-state index contributed by atoms with van der Waals surface area (Å²) in [6.45, 7) is 1.99. The molecule has 0 aromatic heterocycles. The Morgan fingerprint density at radius 1 is 0.952 bits per heavy atom. The topological polar surface area (TPSA) is 44.7 Å². The lowest BCUT2D eigenvalue weighted by Crippen LogP contribution is -2.32. The zero-order valence-electron chi connectivity index (χ0n) is 12.5. The average Bonchev–Trinajstić information content (AvgIpc) is 2.47. The molecule has 0 fully saturated rings. The molecule has 21 heavy (non-hydrogen) atoms. The van der Waals surface area contributed by atoms with E-state index in [9.17, 15) is 4.79 Å². The van der Waals surface area contributed by atoms with Crippen molar-refractivity contribution in [3.05, 3.63) is 71.3 Å². The van der Waals surface area contributed by atoms with Crippen molar-refractivity contribution in [2.24, 2.45) is 5.10 Å². The Morgan fingerprint density at radius 2 is 1.57 bits per heavy atom. The lowest BCUT2D eigenvalue weighted by Gasteiger charge is -2.12. The monoisotopic (exact) mass is 281 g/mol. The van der Waals surface area contributed by atoms with Crippen LogP contribution in [-0.2, 0) is 0 Å². The Hall–Kier alpha value is -2.62. The molecule has 0 radical (unpaired) electrons. The number of rotatable bonds is 3. The fourth-order valence-corrected chi connectivity index (χ4v) is 1.84.